The Morgan fingerprint density at radius 3 is 2.48 bits per heavy atom. The molecule has 2 N–H and O–H groups in total. The van der Waals surface area contributed by atoms with Crippen LogP contribution in [0.4, 0.5) is 13.2 Å². The first-order valence-corrected chi connectivity index (χ1v) is 8.04. The fourth-order valence-electron chi connectivity index (χ4n) is 1.62. The summed E-state index contributed by atoms with van der Waals surface area (Å²) in [6, 6.07) is 4.61. The van der Waals surface area contributed by atoms with Gasteiger partial charge in [0.25, 0.3) is 0 Å². The third kappa shape index (κ3) is 4.42. The summed E-state index contributed by atoms with van der Waals surface area (Å²) in [6.07, 6.45) is -3.54. The summed E-state index contributed by atoms with van der Waals surface area (Å²) in [5, 5.41) is 0. The van der Waals surface area contributed by atoms with Gasteiger partial charge in [-0.15, -0.1) is 0 Å². The van der Waals surface area contributed by atoms with E-state index in [2.05, 4.69) is 9.36 Å². The zero-order valence-electron chi connectivity index (χ0n) is 11.2. The Hall–Kier alpha value is -1.12. The molecule has 2 rings (SSSR count). The standard InChI is InChI=1S/C13H14F3N3S2/c1-2-11-18-12(21-19-11)20-7-10(17)8-3-5-9(6-4-8)13(14,15)16/h3-6,10H,2,7,17H2,1H3. The summed E-state index contributed by atoms with van der Waals surface area (Å²) in [4.78, 5) is 4.31. The largest absolute Gasteiger partial charge is 0.416 e. The minimum absolute atomic E-state index is 0.341. The van der Waals surface area contributed by atoms with Gasteiger partial charge in [0.05, 0.1) is 5.56 Å². The lowest BCUT2D eigenvalue weighted by Gasteiger charge is -2.12. The van der Waals surface area contributed by atoms with Crippen LogP contribution in [0.15, 0.2) is 28.6 Å². The molecule has 1 heterocycles. The van der Waals surface area contributed by atoms with Gasteiger partial charge in [0.1, 0.15) is 5.82 Å². The van der Waals surface area contributed by atoms with Crippen molar-refractivity contribution in [1.82, 2.24) is 9.36 Å². The summed E-state index contributed by atoms with van der Waals surface area (Å²) in [5.74, 6) is 1.34. The summed E-state index contributed by atoms with van der Waals surface area (Å²) in [6.45, 7) is 1.98. The Bertz CT molecular complexity index is 581. The van der Waals surface area contributed by atoms with E-state index in [-0.39, 0.29) is 6.04 Å². The molecular weight excluding hydrogens is 319 g/mol. The number of nitrogens with two attached hydrogens (primary N) is 1. The molecular formula is C13H14F3N3S2. The SMILES string of the molecule is CCc1nsc(SCC(N)c2ccc(C(F)(F)F)cc2)n1. The fourth-order valence-corrected chi connectivity index (χ4v) is 3.33. The van der Waals surface area contributed by atoms with E-state index in [0.717, 1.165) is 28.7 Å². The van der Waals surface area contributed by atoms with Crippen molar-refractivity contribution in [3.05, 3.63) is 41.2 Å². The Morgan fingerprint density at radius 1 is 1.29 bits per heavy atom. The monoisotopic (exact) mass is 333 g/mol. The molecule has 0 spiro atoms. The van der Waals surface area contributed by atoms with Gasteiger partial charge in [-0.05, 0) is 29.2 Å². The van der Waals surface area contributed by atoms with Gasteiger partial charge < -0.3 is 5.73 Å². The molecule has 21 heavy (non-hydrogen) atoms. The van der Waals surface area contributed by atoms with Crippen LogP contribution in [0, 0.1) is 0 Å². The third-order valence-corrected chi connectivity index (χ3v) is 4.81. The van der Waals surface area contributed by atoms with Crippen molar-refractivity contribution < 1.29 is 13.2 Å². The van der Waals surface area contributed by atoms with Gasteiger partial charge in [-0.1, -0.05) is 30.8 Å². The second kappa shape index (κ2) is 6.76. The van der Waals surface area contributed by atoms with Gasteiger partial charge in [0, 0.05) is 18.2 Å². The molecule has 1 atom stereocenters. The van der Waals surface area contributed by atoms with Crippen LogP contribution in [0.25, 0.3) is 0 Å². The molecule has 0 saturated heterocycles. The molecule has 0 bridgehead atoms. The number of halogens is 3. The average molecular weight is 333 g/mol. The second-order valence-electron chi connectivity index (χ2n) is 4.37. The zero-order chi connectivity index (χ0) is 15.5. The highest BCUT2D eigenvalue weighted by molar-refractivity contribution is 8.00. The lowest BCUT2D eigenvalue weighted by Crippen LogP contribution is -2.13. The van der Waals surface area contributed by atoms with Crippen molar-refractivity contribution in [2.75, 3.05) is 5.75 Å². The summed E-state index contributed by atoms with van der Waals surface area (Å²) >= 11 is 2.78. The van der Waals surface area contributed by atoms with Crippen LogP contribution < -0.4 is 5.73 Å². The maximum absolute atomic E-state index is 12.5. The lowest BCUT2D eigenvalue weighted by atomic mass is 10.1. The highest BCUT2D eigenvalue weighted by Crippen LogP contribution is 2.30. The Morgan fingerprint density at radius 2 is 1.95 bits per heavy atom. The minimum atomic E-state index is -4.32. The first-order chi connectivity index (χ1) is 9.90. The molecule has 2 aromatic rings. The maximum atomic E-state index is 12.5. The third-order valence-electron chi connectivity index (χ3n) is 2.82. The fraction of sp³-hybridized carbons (Fsp3) is 0.385. The predicted octanol–water partition coefficient (Wildman–Crippen LogP) is 3.91. The van der Waals surface area contributed by atoms with Crippen molar-refractivity contribution in [2.24, 2.45) is 5.73 Å². The molecule has 0 radical (unpaired) electrons. The quantitative estimate of drug-likeness (QED) is 0.843. The van der Waals surface area contributed by atoms with Gasteiger partial charge in [-0.25, -0.2) is 4.98 Å². The number of aromatic nitrogens is 2. The summed E-state index contributed by atoms with van der Waals surface area (Å²) in [5.41, 5.74) is 6.01. The number of nitrogens with zero attached hydrogens (tertiary/aromatic N) is 2. The van der Waals surface area contributed by atoms with Gasteiger partial charge in [-0.2, -0.15) is 17.5 Å². The van der Waals surface area contributed by atoms with Crippen molar-refractivity contribution >= 4 is 23.3 Å². The molecule has 0 fully saturated rings. The highest BCUT2D eigenvalue weighted by atomic mass is 32.2. The number of alkyl halides is 3. The van der Waals surface area contributed by atoms with Gasteiger partial charge in [0.2, 0.25) is 0 Å². The lowest BCUT2D eigenvalue weighted by molar-refractivity contribution is -0.137. The summed E-state index contributed by atoms with van der Waals surface area (Å²) in [7, 11) is 0. The zero-order valence-corrected chi connectivity index (χ0v) is 12.9. The molecule has 1 unspecified atom stereocenters. The van der Waals surface area contributed by atoms with Crippen LogP contribution in [0.3, 0.4) is 0 Å². The number of rotatable bonds is 5. The number of thioether (sulfide) groups is 1. The first-order valence-electron chi connectivity index (χ1n) is 6.28. The van der Waals surface area contributed by atoms with Crippen LogP contribution in [0.5, 0.6) is 0 Å². The minimum Gasteiger partial charge on any atom is -0.323 e. The van der Waals surface area contributed by atoms with E-state index in [1.54, 1.807) is 0 Å². The predicted molar refractivity (Wildman–Crippen MR) is 78.4 cm³/mol. The van der Waals surface area contributed by atoms with Gasteiger partial charge >= 0.3 is 6.18 Å². The number of hydrogen-bond donors (Lipinski definition) is 1. The molecule has 8 heteroatoms. The molecule has 0 saturated carbocycles. The van der Waals surface area contributed by atoms with Crippen LogP contribution in [0.2, 0.25) is 0 Å². The Kier molecular flexibility index (Phi) is 5.23. The van der Waals surface area contributed by atoms with E-state index in [9.17, 15) is 13.2 Å². The Balaban J connectivity index is 1.95. The normalized spacial score (nSPS) is 13.4. The molecule has 0 aliphatic carbocycles. The van der Waals surface area contributed by atoms with Gasteiger partial charge in [-0.3, -0.25) is 0 Å². The van der Waals surface area contributed by atoms with Crippen molar-refractivity contribution in [1.29, 1.82) is 0 Å². The van der Waals surface area contributed by atoms with Crippen LogP contribution in [-0.2, 0) is 12.6 Å². The molecule has 3 nitrogen and oxygen atoms in total. The maximum Gasteiger partial charge on any atom is 0.416 e. The molecule has 1 aromatic heterocycles. The van der Waals surface area contributed by atoms with Crippen molar-refractivity contribution in [2.45, 2.75) is 29.9 Å². The highest BCUT2D eigenvalue weighted by Gasteiger charge is 2.30. The van der Waals surface area contributed by atoms with Crippen LogP contribution in [-0.4, -0.2) is 15.1 Å². The van der Waals surface area contributed by atoms with E-state index in [4.69, 9.17) is 5.73 Å². The number of hydrogen-bond acceptors (Lipinski definition) is 5. The average Bonchev–Trinajstić information content (AvgIpc) is 2.92. The van der Waals surface area contributed by atoms with E-state index < -0.39 is 11.7 Å². The van der Waals surface area contributed by atoms with Crippen LogP contribution in [0.1, 0.15) is 29.9 Å². The van der Waals surface area contributed by atoms with E-state index >= 15 is 0 Å². The van der Waals surface area contributed by atoms with Gasteiger partial charge in [0.15, 0.2) is 4.34 Å². The smallest absolute Gasteiger partial charge is 0.323 e. The molecule has 0 aliphatic rings. The molecule has 1 aromatic carbocycles. The van der Waals surface area contributed by atoms with E-state index in [1.165, 1.54) is 35.4 Å². The van der Waals surface area contributed by atoms with Crippen molar-refractivity contribution in [3.8, 4) is 0 Å². The van der Waals surface area contributed by atoms with Crippen molar-refractivity contribution in [3.63, 3.8) is 0 Å². The molecule has 0 amide bonds. The number of benzene rings is 1. The van der Waals surface area contributed by atoms with Crippen LogP contribution >= 0.6 is 23.3 Å². The summed E-state index contributed by atoms with van der Waals surface area (Å²) < 4.78 is 42.4. The molecule has 0 aliphatic heterocycles. The Labute approximate surface area is 128 Å². The van der Waals surface area contributed by atoms with E-state index in [1.807, 2.05) is 6.92 Å². The van der Waals surface area contributed by atoms with E-state index in [0.29, 0.717) is 11.3 Å². The molecule has 114 valence electrons. The second-order valence-corrected chi connectivity index (χ2v) is 6.39. The topological polar surface area (TPSA) is 51.8 Å². The number of aryl methyl sites for hydroxylation is 1. The first kappa shape index (κ1) is 16.3.